The van der Waals surface area contributed by atoms with Gasteiger partial charge >= 0.3 is 460 Å². The standard InChI is InChI=1S/C56H64N8O12P2S/c65-49-17-1-41(2-18-49)57-33-77(34-58-42-3-19-50(66)20-4-42,35-59-43-5-21-51(67)22-6-43,36-60-44-7-23-52(68)24-8-44)75-79(73,74)76-78(37-61-45-9-25-53(69)26-10-45,38-62-46-11-27-54(70)28-12-46,39-63-47-13-29-55(71)30-14-47)40-64-48-15-31-56(72)32-16-48/h1-32,57-72H,33-40H2. The van der Waals surface area contributed by atoms with Crippen molar-refractivity contribution in [2.24, 2.45) is 0 Å². The first-order valence-electron chi connectivity index (χ1n) is 24.7. The Bertz CT molecular complexity index is 2720. The van der Waals surface area contributed by atoms with Gasteiger partial charge < -0.3 is 0 Å². The van der Waals surface area contributed by atoms with Gasteiger partial charge in [0.2, 0.25) is 0 Å². The van der Waals surface area contributed by atoms with E-state index < -0.39 is 24.1 Å². The van der Waals surface area contributed by atoms with Crippen molar-refractivity contribution in [1.29, 1.82) is 0 Å². The Morgan fingerprint density at radius 3 is 0.468 bits per heavy atom. The first-order chi connectivity index (χ1) is 37.8. The number of aromatic hydroxyl groups is 8. The van der Waals surface area contributed by atoms with Crippen LogP contribution >= 0.6 is 13.7 Å². The zero-order chi connectivity index (χ0) is 56.0. The molecular formula is C56H64N8O12P2S. The van der Waals surface area contributed by atoms with E-state index in [0.717, 1.165) is 0 Å². The molecule has 16 N–H and O–H groups in total. The second-order valence-corrected chi connectivity index (χ2v) is 31.3. The predicted octanol–water partition coefficient (Wildman–Crippen LogP) is 11.4. The average Bonchev–Trinajstić information content (AvgIpc) is 3.56. The van der Waals surface area contributed by atoms with Crippen molar-refractivity contribution in [3.05, 3.63) is 194 Å². The van der Waals surface area contributed by atoms with Gasteiger partial charge in [-0.2, -0.15) is 0 Å². The summed E-state index contributed by atoms with van der Waals surface area (Å²) in [7, 11) is -5.43. The van der Waals surface area contributed by atoms with Crippen LogP contribution in [0.25, 0.3) is 0 Å². The van der Waals surface area contributed by atoms with E-state index in [1.54, 1.807) is 97.1 Å². The summed E-state index contributed by atoms with van der Waals surface area (Å²) < 4.78 is 47.2. The molecule has 0 bridgehead atoms. The third kappa shape index (κ3) is 15.7. The van der Waals surface area contributed by atoms with Crippen molar-refractivity contribution in [1.82, 2.24) is 0 Å². The zero-order valence-corrected chi connectivity index (χ0v) is 45.3. The molecule has 0 fully saturated rings. The summed E-state index contributed by atoms with van der Waals surface area (Å²) in [4.78, 5) is 0. The maximum atomic E-state index is 16.5. The fourth-order valence-electron chi connectivity index (χ4n) is 8.38. The quantitative estimate of drug-likeness (QED) is 0.0160. The topological polar surface area (TPSA) is 311 Å². The number of rotatable bonds is 28. The molecule has 0 aliphatic heterocycles. The van der Waals surface area contributed by atoms with E-state index in [2.05, 4.69) is 42.5 Å². The maximum absolute atomic E-state index is 16.5. The van der Waals surface area contributed by atoms with Crippen LogP contribution in [0.4, 0.5) is 45.5 Å². The molecule has 0 radical (unpaired) electrons. The van der Waals surface area contributed by atoms with E-state index in [-0.39, 0.29) is 96.3 Å². The summed E-state index contributed by atoms with van der Waals surface area (Å²) >= 11 is 0. The van der Waals surface area contributed by atoms with Crippen molar-refractivity contribution >= 4 is 69.6 Å². The number of benzene rings is 8. The number of phenols is 8. The van der Waals surface area contributed by atoms with Gasteiger partial charge in [-0.05, 0) is 0 Å². The van der Waals surface area contributed by atoms with E-state index in [9.17, 15) is 40.9 Å². The molecule has 20 nitrogen and oxygen atoms in total. The van der Waals surface area contributed by atoms with Crippen molar-refractivity contribution in [2.75, 3.05) is 92.8 Å². The number of nitrogens with one attached hydrogen (secondary N) is 8. The average molecular weight is 1140 g/mol. The molecule has 79 heavy (non-hydrogen) atoms. The molecule has 0 saturated heterocycles. The monoisotopic (exact) mass is 1130 g/mol. The number of hydrogen-bond acceptors (Lipinski definition) is 20. The predicted molar refractivity (Wildman–Crippen MR) is 318 cm³/mol. The van der Waals surface area contributed by atoms with Gasteiger partial charge in [0.25, 0.3) is 0 Å². The first kappa shape index (κ1) is 56.5. The molecule has 0 saturated carbocycles. The molecule has 0 aromatic heterocycles. The van der Waals surface area contributed by atoms with Crippen molar-refractivity contribution in [3.8, 4) is 46.0 Å². The second kappa shape index (κ2) is 24.3. The Hall–Kier alpha value is -8.71. The Kier molecular flexibility index (Phi) is 17.4. The molecule has 0 unspecified atom stereocenters. The zero-order valence-electron chi connectivity index (χ0n) is 42.6. The van der Waals surface area contributed by atoms with Crippen LogP contribution in [-0.4, -0.2) is 99.6 Å². The van der Waals surface area contributed by atoms with Crippen LogP contribution < -0.4 is 42.5 Å². The fourth-order valence-corrected chi connectivity index (χ4v) is 20.5. The van der Waals surface area contributed by atoms with Gasteiger partial charge in [0.15, 0.2) is 0 Å². The summed E-state index contributed by atoms with van der Waals surface area (Å²) in [5.41, 5.74) is 3.89. The van der Waals surface area contributed by atoms with Gasteiger partial charge in [-0.15, -0.1) is 0 Å². The van der Waals surface area contributed by atoms with Crippen LogP contribution in [-0.2, 0) is 18.3 Å². The normalized spacial score (nSPS) is 12.6. The molecule has 416 valence electrons. The minimum atomic E-state index is -5.43. The second-order valence-electron chi connectivity index (χ2n) is 19.3. The van der Waals surface area contributed by atoms with Gasteiger partial charge in [-0.25, -0.2) is 0 Å². The third-order valence-electron chi connectivity index (χ3n) is 13.0. The molecule has 0 amide bonds. The van der Waals surface area contributed by atoms with Gasteiger partial charge in [0.05, 0.1) is 0 Å². The summed E-state index contributed by atoms with van der Waals surface area (Å²) in [5, 5.41) is 110. The van der Waals surface area contributed by atoms with Crippen LogP contribution in [0.15, 0.2) is 194 Å². The van der Waals surface area contributed by atoms with Crippen molar-refractivity contribution < 1.29 is 57.2 Å². The van der Waals surface area contributed by atoms with Crippen molar-refractivity contribution in [2.45, 2.75) is 0 Å². The summed E-state index contributed by atoms with van der Waals surface area (Å²) in [6.07, 6.45) is -1.74. The summed E-state index contributed by atoms with van der Waals surface area (Å²) in [6.45, 7) is -9.79. The molecule has 0 aliphatic rings. The molecule has 8 rings (SSSR count). The fraction of sp³-hybridized carbons (Fsp3) is 0.143. The Morgan fingerprint density at radius 1 is 0.241 bits per heavy atom. The number of anilines is 8. The Morgan fingerprint density at radius 2 is 0.354 bits per heavy atom. The summed E-state index contributed by atoms with van der Waals surface area (Å²) in [6, 6.07) is 49.6. The first-order valence-corrected chi connectivity index (χ1v) is 31.9. The molecule has 0 atom stereocenters. The molecule has 0 spiro atoms. The van der Waals surface area contributed by atoms with Gasteiger partial charge in [-0.1, -0.05) is 0 Å². The molecule has 8 aromatic carbocycles. The molecular weight excluding hydrogens is 1070 g/mol. The summed E-state index contributed by atoms with van der Waals surface area (Å²) in [5.74, 6) is -0.0948. The Labute approximate surface area is 457 Å². The third-order valence-corrected chi connectivity index (χ3v) is 25.5. The van der Waals surface area contributed by atoms with E-state index in [4.69, 9.17) is 7.94 Å². The minimum absolute atomic E-state index is 0.0118. The molecule has 0 heterocycles. The number of hydrogen-bond donors (Lipinski definition) is 16. The molecule has 0 aliphatic carbocycles. The van der Waals surface area contributed by atoms with Crippen LogP contribution in [0.2, 0.25) is 0 Å². The van der Waals surface area contributed by atoms with Crippen LogP contribution in [0.5, 0.6) is 46.0 Å². The van der Waals surface area contributed by atoms with E-state index in [1.807, 2.05) is 0 Å². The van der Waals surface area contributed by atoms with Crippen molar-refractivity contribution in [3.63, 3.8) is 0 Å². The van der Waals surface area contributed by atoms with Gasteiger partial charge in [0.1, 0.15) is 0 Å². The Balaban J connectivity index is 1.36. The van der Waals surface area contributed by atoms with Crippen LogP contribution in [0.3, 0.4) is 0 Å². The van der Waals surface area contributed by atoms with Crippen LogP contribution in [0.1, 0.15) is 0 Å². The number of phenolic OH excluding ortho intramolecular Hbond substituents is 8. The SMILES string of the molecule is O=S(=O)(OP(CNc1ccc(O)cc1)(CNc1ccc(O)cc1)(CNc1ccc(O)cc1)CNc1ccc(O)cc1)OP(CNc1ccc(O)cc1)(CNc1ccc(O)cc1)(CNc1ccc(O)cc1)CNc1ccc(O)cc1. The van der Waals surface area contributed by atoms with Crippen LogP contribution in [0, 0.1) is 0 Å². The van der Waals surface area contributed by atoms with E-state index in [1.165, 1.54) is 97.1 Å². The van der Waals surface area contributed by atoms with E-state index in [0.29, 0.717) is 45.5 Å². The van der Waals surface area contributed by atoms with Gasteiger partial charge in [-0.3, -0.25) is 0 Å². The van der Waals surface area contributed by atoms with Gasteiger partial charge in [0, 0.05) is 0 Å². The van der Waals surface area contributed by atoms with E-state index >= 15 is 8.42 Å². The molecule has 23 heteroatoms. The molecule has 8 aromatic rings.